The van der Waals surface area contributed by atoms with Crippen molar-refractivity contribution in [3.05, 3.63) is 11.8 Å². The van der Waals surface area contributed by atoms with Crippen LogP contribution in [0.15, 0.2) is 6.07 Å². The Morgan fingerprint density at radius 1 is 1.53 bits per heavy atom. The number of carbonyl (C=O) groups is 1. The monoisotopic (exact) mass is 236 g/mol. The predicted molar refractivity (Wildman–Crippen MR) is 66.6 cm³/mol. The second-order valence-corrected chi connectivity index (χ2v) is 4.99. The van der Waals surface area contributed by atoms with Crippen LogP contribution in [0.1, 0.15) is 31.4 Å². The van der Waals surface area contributed by atoms with Gasteiger partial charge in [0.2, 0.25) is 5.91 Å². The standard InChI is InChI=1S/C12H20N4O/c1-16(2)8-10-7-11(15-14-10)13-12(17)9-5-3-4-6-9/h7,9H,3-6,8H2,1-2H3,(H2,13,14,15,17). The van der Waals surface area contributed by atoms with Gasteiger partial charge < -0.3 is 10.2 Å². The number of aromatic amines is 1. The number of amides is 1. The first-order chi connectivity index (χ1) is 8.15. The lowest BCUT2D eigenvalue weighted by Crippen LogP contribution is -2.20. The summed E-state index contributed by atoms with van der Waals surface area (Å²) < 4.78 is 0. The van der Waals surface area contributed by atoms with Crippen LogP contribution in [0.5, 0.6) is 0 Å². The van der Waals surface area contributed by atoms with E-state index in [1.807, 2.05) is 20.2 Å². The molecule has 1 aromatic rings. The van der Waals surface area contributed by atoms with Crippen LogP contribution < -0.4 is 5.32 Å². The number of aromatic nitrogens is 2. The Labute approximate surface area is 102 Å². The van der Waals surface area contributed by atoms with Crippen molar-refractivity contribution in [1.29, 1.82) is 0 Å². The lowest BCUT2D eigenvalue weighted by molar-refractivity contribution is -0.119. The van der Waals surface area contributed by atoms with Crippen molar-refractivity contribution < 1.29 is 4.79 Å². The number of H-pyrrole nitrogens is 1. The molecule has 0 saturated heterocycles. The molecule has 2 rings (SSSR count). The number of nitrogens with one attached hydrogen (secondary N) is 2. The molecule has 2 N–H and O–H groups in total. The van der Waals surface area contributed by atoms with Gasteiger partial charge in [0.05, 0.1) is 5.69 Å². The van der Waals surface area contributed by atoms with Crippen LogP contribution in [0.2, 0.25) is 0 Å². The highest BCUT2D eigenvalue weighted by molar-refractivity contribution is 5.91. The third-order valence-corrected chi connectivity index (χ3v) is 3.09. The van der Waals surface area contributed by atoms with Crippen molar-refractivity contribution >= 4 is 11.7 Å². The van der Waals surface area contributed by atoms with Crippen LogP contribution in [0.25, 0.3) is 0 Å². The zero-order valence-corrected chi connectivity index (χ0v) is 10.5. The largest absolute Gasteiger partial charge is 0.309 e. The summed E-state index contributed by atoms with van der Waals surface area (Å²) in [7, 11) is 4.00. The Balaban J connectivity index is 1.89. The van der Waals surface area contributed by atoms with E-state index >= 15 is 0 Å². The number of carbonyl (C=O) groups excluding carboxylic acids is 1. The highest BCUT2D eigenvalue weighted by atomic mass is 16.2. The average molecular weight is 236 g/mol. The number of hydrogen-bond acceptors (Lipinski definition) is 3. The van der Waals surface area contributed by atoms with Gasteiger partial charge in [-0.05, 0) is 26.9 Å². The zero-order valence-electron chi connectivity index (χ0n) is 10.5. The molecule has 5 nitrogen and oxygen atoms in total. The number of anilines is 1. The number of nitrogens with zero attached hydrogens (tertiary/aromatic N) is 2. The van der Waals surface area contributed by atoms with Gasteiger partial charge in [0, 0.05) is 18.5 Å². The zero-order chi connectivity index (χ0) is 12.3. The van der Waals surface area contributed by atoms with Gasteiger partial charge in [0.25, 0.3) is 0 Å². The molecule has 1 fully saturated rings. The van der Waals surface area contributed by atoms with Gasteiger partial charge in [-0.15, -0.1) is 0 Å². The van der Waals surface area contributed by atoms with E-state index in [0.717, 1.165) is 25.1 Å². The Morgan fingerprint density at radius 3 is 2.88 bits per heavy atom. The van der Waals surface area contributed by atoms with E-state index in [9.17, 15) is 4.79 Å². The summed E-state index contributed by atoms with van der Waals surface area (Å²) in [4.78, 5) is 13.9. The molecule has 1 heterocycles. The lowest BCUT2D eigenvalue weighted by atomic mass is 10.1. The maximum Gasteiger partial charge on any atom is 0.228 e. The molecule has 0 aliphatic heterocycles. The van der Waals surface area contributed by atoms with E-state index in [0.29, 0.717) is 5.82 Å². The van der Waals surface area contributed by atoms with Crippen LogP contribution in [-0.2, 0) is 11.3 Å². The minimum Gasteiger partial charge on any atom is -0.309 e. The van der Waals surface area contributed by atoms with Crippen LogP contribution in [0.4, 0.5) is 5.82 Å². The van der Waals surface area contributed by atoms with Gasteiger partial charge in [0.15, 0.2) is 5.82 Å². The van der Waals surface area contributed by atoms with Crippen molar-refractivity contribution in [2.45, 2.75) is 32.2 Å². The fourth-order valence-corrected chi connectivity index (χ4v) is 2.26. The fraction of sp³-hybridized carbons (Fsp3) is 0.667. The Bertz CT molecular complexity index is 380. The summed E-state index contributed by atoms with van der Waals surface area (Å²) in [5.74, 6) is 0.938. The van der Waals surface area contributed by atoms with E-state index in [1.54, 1.807) is 0 Å². The summed E-state index contributed by atoms with van der Waals surface area (Å²) in [5, 5.41) is 9.90. The summed E-state index contributed by atoms with van der Waals surface area (Å²) >= 11 is 0. The van der Waals surface area contributed by atoms with Crippen molar-refractivity contribution in [3.8, 4) is 0 Å². The van der Waals surface area contributed by atoms with Crippen LogP contribution >= 0.6 is 0 Å². The van der Waals surface area contributed by atoms with Gasteiger partial charge in [-0.3, -0.25) is 9.89 Å². The van der Waals surface area contributed by atoms with E-state index in [-0.39, 0.29) is 11.8 Å². The first-order valence-corrected chi connectivity index (χ1v) is 6.15. The van der Waals surface area contributed by atoms with E-state index < -0.39 is 0 Å². The second-order valence-electron chi connectivity index (χ2n) is 4.99. The molecule has 5 heteroatoms. The number of hydrogen-bond donors (Lipinski definition) is 2. The van der Waals surface area contributed by atoms with Gasteiger partial charge in [0.1, 0.15) is 0 Å². The smallest absolute Gasteiger partial charge is 0.228 e. The second kappa shape index (κ2) is 5.31. The quantitative estimate of drug-likeness (QED) is 0.834. The van der Waals surface area contributed by atoms with Crippen molar-refractivity contribution in [2.24, 2.45) is 5.92 Å². The first kappa shape index (κ1) is 12.1. The summed E-state index contributed by atoms with van der Waals surface area (Å²) in [5.41, 5.74) is 1.01. The fourth-order valence-electron chi connectivity index (χ4n) is 2.26. The van der Waals surface area contributed by atoms with E-state index in [2.05, 4.69) is 20.4 Å². The van der Waals surface area contributed by atoms with Gasteiger partial charge >= 0.3 is 0 Å². The number of rotatable bonds is 4. The Kier molecular flexibility index (Phi) is 3.78. The molecule has 0 spiro atoms. The van der Waals surface area contributed by atoms with Gasteiger partial charge in [-0.25, -0.2) is 0 Å². The highest BCUT2D eigenvalue weighted by Gasteiger charge is 2.23. The van der Waals surface area contributed by atoms with Crippen molar-refractivity contribution in [1.82, 2.24) is 15.1 Å². The first-order valence-electron chi connectivity index (χ1n) is 6.15. The molecular formula is C12H20N4O. The third kappa shape index (κ3) is 3.30. The van der Waals surface area contributed by atoms with Gasteiger partial charge in [-0.1, -0.05) is 12.8 Å². The average Bonchev–Trinajstić information content (AvgIpc) is 2.87. The molecule has 0 radical (unpaired) electrons. The SMILES string of the molecule is CN(C)Cc1cc(NC(=O)C2CCCC2)n[nH]1. The maximum atomic E-state index is 11.9. The van der Waals surface area contributed by atoms with Crippen LogP contribution in [-0.4, -0.2) is 35.1 Å². The summed E-state index contributed by atoms with van der Waals surface area (Å²) in [6.45, 7) is 0.798. The van der Waals surface area contributed by atoms with Crippen molar-refractivity contribution in [3.63, 3.8) is 0 Å². The van der Waals surface area contributed by atoms with Crippen molar-refractivity contribution in [2.75, 3.05) is 19.4 Å². The molecule has 17 heavy (non-hydrogen) atoms. The normalized spacial score (nSPS) is 16.6. The molecule has 94 valence electrons. The Hall–Kier alpha value is -1.36. The molecular weight excluding hydrogens is 216 g/mol. The molecule has 0 bridgehead atoms. The minimum absolute atomic E-state index is 0.116. The maximum absolute atomic E-state index is 11.9. The van der Waals surface area contributed by atoms with Crippen LogP contribution in [0, 0.1) is 5.92 Å². The highest BCUT2D eigenvalue weighted by Crippen LogP contribution is 2.25. The molecule has 0 unspecified atom stereocenters. The predicted octanol–water partition coefficient (Wildman–Crippen LogP) is 1.60. The van der Waals surface area contributed by atoms with Gasteiger partial charge in [-0.2, -0.15) is 5.10 Å². The Morgan fingerprint density at radius 2 is 2.24 bits per heavy atom. The molecule has 0 atom stereocenters. The summed E-state index contributed by atoms with van der Waals surface area (Å²) in [6, 6.07) is 1.90. The van der Waals surface area contributed by atoms with E-state index in [4.69, 9.17) is 0 Å². The summed E-state index contributed by atoms with van der Waals surface area (Å²) in [6.07, 6.45) is 4.37. The molecule has 1 aromatic heterocycles. The molecule has 1 saturated carbocycles. The van der Waals surface area contributed by atoms with Crippen LogP contribution in [0.3, 0.4) is 0 Å². The lowest BCUT2D eigenvalue weighted by Gasteiger charge is -2.07. The van der Waals surface area contributed by atoms with E-state index in [1.165, 1.54) is 12.8 Å². The molecule has 0 aromatic carbocycles. The third-order valence-electron chi connectivity index (χ3n) is 3.09. The molecule has 1 aliphatic carbocycles. The molecule has 1 aliphatic rings. The molecule has 1 amide bonds. The topological polar surface area (TPSA) is 61.0 Å². The minimum atomic E-state index is 0.116.